The molecular formula is C13H16BNOS. The molecule has 1 aliphatic heterocycles. The van der Waals surface area contributed by atoms with Gasteiger partial charge in [-0.3, -0.25) is 0 Å². The highest BCUT2D eigenvalue weighted by Crippen LogP contribution is 2.11. The number of nitrogens with two attached hydrogens (primary N) is 1. The van der Waals surface area contributed by atoms with Crippen LogP contribution >= 0.6 is 11.3 Å². The molecule has 0 saturated carbocycles. The quantitative estimate of drug-likeness (QED) is 0.752. The topological polar surface area (TPSA) is 25.8 Å². The molecule has 1 atom stereocenters. The second-order valence-corrected chi connectivity index (χ2v) is 5.92. The van der Waals surface area contributed by atoms with E-state index in [1.807, 2.05) is 11.3 Å². The Morgan fingerprint density at radius 2 is 2.00 bits per heavy atom. The van der Waals surface area contributed by atoms with Crippen LogP contribution in [-0.2, 0) is 4.65 Å². The van der Waals surface area contributed by atoms with Gasteiger partial charge >= 0.3 is 6.48 Å². The number of quaternary nitrogens is 1. The van der Waals surface area contributed by atoms with Crippen LogP contribution in [0.15, 0.2) is 42.5 Å². The summed E-state index contributed by atoms with van der Waals surface area (Å²) in [7, 11) is 0. The lowest BCUT2D eigenvalue weighted by Crippen LogP contribution is -3.04. The first kappa shape index (κ1) is 11.0. The average molecular weight is 245 g/mol. The third kappa shape index (κ3) is 1.82. The van der Waals surface area contributed by atoms with E-state index < -0.39 is 6.48 Å². The molecule has 0 amide bonds. The van der Waals surface area contributed by atoms with Gasteiger partial charge in [-0.1, -0.05) is 47.2 Å². The van der Waals surface area contributed by atoms with E-state index in [9.17, 15) is 0 Å². The van der Waals surface area contributed by atoms with E-state index in [0.29, 0.717) is 0 Å². The Hall–Kier alpha value is -1.10. The predicted molar refractivity (Wildman–Crippen MR) is 73.3 cm³/mol. The molecule has 4 heteroatoms. The summed E-state index contributed by atoms with van der Waals surface area (Å²) in [4.78, 5) is 1.35. The molecule has 1 aromatic carbocycles. The van der Waals surface area contributed by atoms with Crippen molar-refractivity contribution in [2.45, 2.75) is 6.92 Å². The maximum atomic E-state index is 6.14. The van der Waals surface area contributed by atoms with Crippen LogP contribution in [0, 0.1) is 6.92 Å². The number of benzene rings is 1. The Morgan fingerprint density at radius 1 is 1.18 bits per heavy atom. The van der Waals surface area contributed by atoms with Gasteiger partial charge in [-0.2, -0.15) is 11.3 Å². The van der Waals surface area contributed by atoms with Gasteiger partial charge in [0.25, 0.3) is 0 Å². The zero-order chi connectivity index (χ0) is 11.7. The first-order valence-electron chi connectivity index (χ1n) is 6.07. The Morgan fingerprint density at radius 3 is 2.59 bits per heavy atom. The second kappa shape index (κ2) is 4.29. The Kier molecular flexibility index (Phi) is 2.78. The first-order chi connectivity index (χ1) is 8.31. The Balaban J connectivity index is 2.11. The highest BCUT2D eigenvalue weighted by molar-refractivity contribution is 7.26. The number of hydrogen-bond acceptors (Lipinski definition) is 2. The molecule has 0 aliphatic carbocycles. The molecule has 0 bridgehead atoms. The van der Waals surface area contributed by atoms with Crippen molar-refractivity contribution < 1.29 is 9.88 Å². The van der Waals surface area contributed by atoms with Crippen molar-refractivity contribution in [2.75, 3.05) is 13.2 Å². The number of thiophene rings is 1. The summed E-state index contributed by atoms with van der Waals surface area (Å²) in [6.45, 7) is 2.98. The summed E-state index contributed by atoms with van der Waals surface area (Å²) in [5.41, 5.74) is 1.30. The van der Waals surface area contributed by atoms with E-state index >= 15 is 0 Å². The monoisotopic (exact) mass is 245 g/mol. The minimum atomic E-state index is -1.05. The molecule has 1 aromatic heterocycles. The molecule has 1 saturated heterocycles. The minimum Gasteiger partial charge on any atom is -0.527 e. The van der Waals surface area contributed by atoms with Crippen LogP contribution in [0.1, 0.15) is 4.88 Å². The fourth-order valence-corrected chi connectivity index (χ4v) is 3.76. The van der Waals surface area contributed by atoms with Crippen LogP contribution < -0.4 is 15.5 Å². The predicted octanol–water partition coefficient (Wildman–Crippen LogP) is 0.207. The molecule has 1 unspecified atom stereocenters. The van der Waals surface area contributed by atoms with Gasteiger partial charge in [-0.05, 0) is 11.8 Å². The standard InChI is InChI=1S/C13H16BNOS/c1-11-7-8-13(17-11)14(15-9-10-16-14)12-5-3-2-4-6-12/h2-8H,9-10,15H2,1H3. The lowest BCUT2D eigenvalue weighted by molar-refractivity contribution is -0.514. The lowest BCUT2D eigenvalue weighted by atomic mass is 9.46. The highest BCUT2D eigenvalue weighted by atomic mass is 32.1. The van der Waals surface area contributed by atoms with Gasteiger partial charge in [-0.15, -0.1) is 5.46 Å². The zero-order valence-corrected chi connectivity index (χ0v) is 10.7. The summed E-state index contributed by atoms with van der Waals surface area (Å²) in [6.07, 6.45) is 0. The van der Waals surface area contributed by atoms with E-state index in [4.69, 9.17) is 4.65 Å². The van der Waals surface area contributed by atoms with E-state index in [1.165, 1.54) is 15.1 Å². The summed E-state index contributed by atoms with van der Waals surface area (Å²) >= 11 is 1.85. The number of aryl methyl sites for hydroxylation is 1. The van der Waals surface area contributed by atoms with Crippen LogP contribution in [-0.4, -0.2) is 19.6 Å². The van der Waals surface area contributed by atoms with Gasteiger partial charge in [0, 0.05) is 0 Å². The van der Waals surface area contributed by atoms with E-state index in [2.05, 4.69) is 54.6 Å². The Labute approximate surface area is 106 Å². The molecule has 2 aromatic rings. The summed E-state index contributed by atoms with van der Waals surface area (Å²) in [5.74, 6) is 0. The van der Waals surface area contributed by atoms with E-state index in [0.717, 1.165) is 13.2 Å². The largest absolute Gasteiger partial charge is 0.527 e. The molecule has 88 valence electrons. The summed E-state index contributed by atoms with van der Waals surface area (Å²) < 4.78 is 7.50. The number of hydrogen-bond donors (Lipinski definition) is 1. The third-order valence-electron chi connectivity index (χ3n) is 3.48. The van der Waals surface area contributed by atoms with E-state index in [-0.39, 0.29) is 0 Å². The normalized spacial score (nSPS) is 24.1. The van der Waals surface area contributed by atoms with Gasteiger partial charge in [0.2, 0.25) is 0 Å². The first-order valence-corrected chi connectivity index (χ1v) is 6.89. The molecule has 0 spiro atoms. The molecule has 17 heavy (non-hydrogen) atoms. The molecule has 0 radical (unpaired) electrons. The van der Waals surface area contributed by atoms with Crippen LogP contribution in [0.2, 0.25) is 0 Å². The van der Waals surface area contributed by atoms with Crippen LogP contribution in [0.5, 0.6) is 0 Å². The van der Waals surface area contributed by atoms with Crippen molar-refractivity contribution in [2.24, 2.45) is 0 Å². The average Bonchev–Trinajstić information content (AvgIpc) is 2.99. The van der Waals surface area contributed by atoms with Crippen molar-refractivity contribution in [3.8, 4) is 0 Å². The van der Waals surface area contributed by atoms with Crippen LogP contribution in [0.3, 0.4) is 0 Å². The molecule has 1 fully saturated rings. The van der Waals surface area contributed by atoms with Crippen molar-refractivity contribution in [1.82, 2.24) is 0 Å². The lowest BCUT2D eigenvalue weighted by Gasteiger charge is -2.29. The Bertz CT molecular complexity index is 505. The molecule has 3 rings (SSSR count). The van der Waals surface area contributed by atoms with Crippen molar-refractivity contribution in [3.63, 3.8) is 0 Å². The summed E-state index contributed by atoms with van der Waals surface area (Å²) in [6, 6.07) is 15.0. The SMILES string of the molecule is Cc1ccc([B-]2(c3ccccc3)[NH2+]CCO2)s1. The molecule has 1 aliphatic rings. The van der Waals surface area contributed by atoms with Gasteiger partial charge < -0.3 is 9.88 Å². The zero-order valence-electron chi connectivity index (χ0n) is 9.93. The van der Waals surface area contributed by atoms with Gasteiger partial charge in [-0.25, -0.2) is 0 Å². The fraction of sp³-hybridized carbons (Fsp3) is 0.231. The maximum absolute atomic E-state index is 6.14. The van der Waals surface area contributed by atoms with E-state index in [1.54, 1.807) is 0 Å². The minimum absolute atomic E-state index is 0.839. The van der Waals surface area contributed by atoms with Gasteiger partial charge in [0.1, 0.15) is 0 Å². The molecule has 2 heterocycles. The van der Waals surface area contributed by atoms with Crippen LogP contribution in [0.25, 0.3) is 0 Å². The number of rotatable bonds is 2. The molecule has 2 N–H and O–H groups in total. The van der Waals surface area contributed by atoms with Crippen molar-refractivity contribution in [1.29, 1.82) is 0 Å². The summed E-state index contributed by atoms with van der Waals surface area (Å²) in [5, 5.41) is 2.36. The molecule has 2 nitrogen and oxygen atoms in total. The second-order valence-electron chi connectivity index (χ2n) is 4.60. The fourth-order valence-electron chi connectivity index (χ4n) is 2.64. The highest BCUT2D eigenvalue weighted by Gasteiger charge is 2.41. The van der Waals surface area contributed by atoms with Gasteiger partial charge in [0.05, 0.1) is 13.2 Å². The maximum Gasteiger partial charge on any atom is 0.398 e. The van der Waals surface area contributed by atoms with Gasteiger partial charge in [0.15, 0.2) is 0 Å². The smallest absolute Gasteiger partial charge is 0.398 e. The van der Waals surface area contributed by atoms with Crippen molar-refractivity contribution in [3.05, 3.63) is 47.3 Å². The van der Waals surface area contributed by atoms with Crippen molar-refractivity contribution >= 4 is 28.1 Å². The van der Waals surface area contributed by atoms with Crippen LogP contribution in [0.4, 0.5) is 0 Å². The third-order valence-corrected chi connectivity index (χ3v) is 4.66. The molecular weight excluding hydrogens is 229 g/mol.